The normalized spacial score (nSPS) is 17.3. The molecule has 2 unspecified atom stereocenters. The molecule has 0 saturated carbocycles. The molecule has 5 nitrogen and oxygen atoms in total. The van der Waals surface area contributed by atoms with Crippen LogP contribution in [0, 0.1) is 0 Å². The van der Waals surface area contributed by atoms with Gasteiger partial charge in [-0.1, -0.05) is 12.2 Å². The largest absolute Gasteiger partial charge is 0.509 e. The fourth-order valence-electron chi connectivity index (χ4n) is 0.612. The Morgan fingerprint density at radius 2 is 2.00 bits per heavy atom. The van der Waals surface area contributed by atoms with E-state index >= 15 is 0 Å². The Morgan fingerprint density at radius 3 is 2.38 bits per heavy atom. The zero-order valence-electron chi connectivity index (χ0n) is 7.21. The number of aliphatic hydroxyl groups excluding tert-OH is 2. The van der Waals surface area contributed by atoms with Crippen LogP contribution in [0.4, 0.5) is 0 Å². The summed E-state index contributed by atoms with van der Waals surface area (Å²) in [5.74, 6) is -1.83. The average molecular weight is 187 g/mol. The van der Waals surface area contributed by atoms with E-state index in [1.165, 1.54) is 12.2 Å². The lowest BCUT2D eigenvalue weighted by atomic mass is 10.1. The second-order valence-corrected chi connectivity index (χ2v) is 2.43. The Morgan fingerprint density at radius 1 is 1.46 bits per heavy atom. The van der Waals surface area contributed by atoms with Crippen LogP contribution in [0.1, 0.15) is 6.92 Å². The zero-order valence-corrected chi connectivity index (χ0v) is 7.21. The van der Waals surface area contributed by atoms with Gasteiger partial charge < -0.3 is 21.1 Å². The van der Waals surface area contributed by atoms with E-state index in [9.17, 15) is 4.79 Å². The minimum absolute atomic E-state index is 0.465. The Hall–Kier alpha value is -1.33. The molecule has 0 aliphatic heterocycles. The fourth-order valence-corrected chi connectivity index (χ4v) is 0.612. The highest BCUT2D eigenvalue weighted by molar-refractivity contribution is 5.74. The molecule has 0 spiro atoms. The number of carboxylic acid groups (broad SMARTS) is 1. The highest BCUT2D eigenvalue weighted by Gasteiger charge is 2.24. The van der Waals surface area contributed by atoms with E-state index in [-0.39, 0.29) is 0 Å². The standard InChI is InChI=1S/C8H13NO4/c1-2-3-4-5(10)7(11)6(9)8(12)13/h2-4,6-7,10-11H,9H2,1H3,(H,12,13)/b3-2-,5-4-. The van der Waals surface area contributed by atoms with Crippen molar-refractivity contribution in [2.45, 2.75) is 19.1 Å². The minimum atomic E-state index is -1.58. The molecule has 0 aromatic heterocycles. The number of carbonyl (C=O) groups is 1. The summed E-state index contributed by atoms with van der Waals surface area (Å²) in [6.45, 7) is 1.72. The van der Waals surface area contributed by atoms with Gasteiger partial charge in [0.25, 0.3) is 0 Å². The number of rotatable bonds is 4. The van der Waals surface area contributed by atoms with Crippen LogP contribution in [-0.2, 0) is 4.79 Å². The SMILES string of the molecule is C/C=C\C=C(/O)C(O)C(N)C(=O)O. The second kappa shape index (κ2) is 5.34. The minimum Gasteiger partial charge on any atom is -0.509 e. The Labute approximate surface area is 75.8 Å². The first-order chi connectivity index (χ1) is 6.00. The molecule has 0 aromatic rings. The molecule has 0 fully saturated rings. The molecule has 0 rings (SSSR count). The van der Waals surface area contributed by atoms with Gasteiger partial charge in [-0.3, -0.25) is 4.79 Å². The van der Waals surface area contributed by atoms with E-state index in [1.54, 1.807) is 13.0 Å². The highest BCUT2D eigenvalue weighted by atomic mass is 16.4. The predicted octanol–water partition coefficient (Wildman–Crippen LogP) is -0.223. The van der Waals surface area contributed by atoms with Gasteiger partial charge in [0, 0.05) is 0 Å². The van der Waals surface area contributed by atoms with Crippen LogP contribution in [-0.4, -0.2) is 33.4 Å². The lowest BCUT2D eigenvalue weighted by molar-refractivity contribution is -0.141. The molecule has 5 N–H and O–H groups in total. The third kappa shape index (κ3) is 3.73. The first-order valence-electron chi connectivity index (χ1n) is 3.69. The maximum Gasteiger partial charge on any atom is 0.323 e. The van der Waals surface area contributed by atoms with E-state index in [0.29, 0.717) is 0 Å². The van der Waals surface area contributed by atoms with E-state index < -0.39 is 23.9 Å². The summed E-state index contributed by atoms with van der Waals surface area (Å²) in [4.78, 5) is 10.3. The molecular weight excluding hydrogens is 174 g/mol. The summed E-state index contributed by atoms with van der Waals surface area (Å²) in [5.41, 5.74) is 5.06. The third-order valence-corrected chi connectivity index (χ3v) is 1.39. The van der Waals surface area contributed by atoms with Crippen LogP contribution in [0.3, 0.4) is 0 Å². The summed E-state index contributed by atoms with van der Waals surface area (Å²) in [6.07, 6.45) is 2.70. The Kier molecular flexibility index (Phi) is 4.79. The van der Waals surface area contributed by atoms with Crippen molar-refractivity contribution >= 4 is 5.97 Å². The van der Waals surface area contributed by atoms with Crippen LogP contribution >= 0.6 is 0 Å². The van der Waals surface area contributed by atoms with Crippen LogP contribution in [0.2, 0.25) is 0 Å². The van der Waals surface area contributed by atoms with Gasteiger partial charge >= 0.3 is 5.97 Å². The van der Waals surface area contributed by atoms with Crippen molar-refractivity contribution in [1.29, 1.82) is 0 Å². The monoisotopic (exact) mass is 187 g/mol. The first kappa shape index (κ1) is 11.7. The molecule has 0 amide bonds. The Bertz CT molecular complexity index is 234. The van der Waals surface area contributed by atoms with Gasteiger partial charge in [-0.25, -0.2) is 0 Å². The molecule has 0 radical (unpaired) electrons. The molecule has 5 heteroatoms. The average Bonchev–Trinajstić information content (AvgIpc) is 2.11. The molecule has 2 atom stereocenters. The zero-order chi connectivity index (χ0) is 10.4. The van der Waals surface area contributed by atoms with Crippen molar-refractivity contribution in [2.75, 3.05) is 0 Å². The molecule has 0 saturated heterocycles. The molecule has 13 heavy (non-hydrogen) atoms. The van der Waals surface area contributed by atoms with Gasteiger partial charge in [-0.2, -0.15) is 0 Å². The van der Waals surface area contributed by atoms with Gasteiger partial charge in [-0.15, -0.1) is 0 Å². The molecule has 0 heterocycles. The summed E-state index contributed by atoms with van der Waals surface area (Å²) < 4.78 is 0. The fraction of sp³-hybridized carbons (Fsp3) is 0.375. The van der Waals surface area contributed by atoms with Crippen LogP contribution in [0.5, 0.6) is 0 Å². The molecular formula is C8H13NO4. The van der Waals surface area contributed by atoms with Gasteiger partial charge in [0.05, 0.1) is 0 Å². The topological polar surface area (TPSA) is 104 Å². The van der Waals surface area contributed by atoms with Crippen molar-refractivity contribution < 1.29 is 20.1 Å². The van der Waals surface area contributed by atoms with Crippen molar-refractivity contribution in [3.8, 4) is 0 Å². The highest BCUT2D eigenvalue weighted by Crippen LogP contribution is 2.02. The number of nitrogens with two attached hydrogens (primary N) is 1. The van der Waals surface area contributed by atoms with Crippen LogP contribution in [0.15, 0.2) is 24.0 Å². The van der Waals surface area contributed by atoms with Gasteiger partial charge in [0.15, 0.2) is 0 Å². The summed E-state index contributed by atoms with van der Waals surface area (Å²) >= 11 is 0. The maximum absolute atomic E-state index is 10.3. The van der Waals surface area contributed by atoms with Crippen molar-refractivity contribution in [3.05, 3.63) is 24.0 Å². The molecule has 0 aliphatic carbocycles. The maximum atomic E-state index is 10.3. The predicted molar refractivity (Wildman–Crippen MR) is 47.1 cm³/mol. The number of carboxylic acids is 1. The number of aliphatic hydroxyl groups is 2. The van der Waals surface area contributed by atoms with E-state index in [2.05, 4.69) is 0 Å². The summed E-state index contributed by atoms with van der Waals surface area (Å²) in [6, 6.07) is -1.51. The van der Waals surface area contributed by atoms with Crippen molar-refractivity contribution in [2.24, 2.45) is 5.73 Å². The lowest BCUT2D eigenvalue weighted by Gasteiger charge is -2.13. The smallest absolute Gasteiger partial charge is 0.323 e. The third-order valence-electron chi connectivity index (χ3n) is 1.39. The first-order valence-corrected chi connectivity index (χ1v) is 3.69. The number of aliphatic carboxylic acids is 1. The van der Waals surface area contributed by atoms with Gasteiger partial charge in [-0.05, 0) is 13.0 Å². The van der Waals surface area contributed by atoms with Crippen molar-refractivity contribution in [1.82, 2.24) is 0 Å². The number of allylic oxidation sites excluding steroid dienone is 3. The van der Waals surface area contributed by atoms with Gasteiger partial charge in [0.1, 0.15) is 17.9 Å². The summed E-state index contributed by atoms with van der Waals surface area (Å²) in [5, 5.41) is 26.6. The molecule has 74 valence electrons. The molecule has 0 aromatic carbocycles. The second-order valence-electron chi connectivity index (χ2n) is 2.43. The number of hydrogen-bond acceptors (Lipinski definition) is 4. The van der Waals surface area contributed by atoms with E-state index in [0.717, 1.165) is 0 Å². The summed E-state index contributed by atoms with van der Waals surface area (Å²) in [7, 11) is 0. The van der Waals surface area contributed by atoms with E-state index in [1.807, 2.05) is 0 Å². The number of hydrogen-bond donors (Lipinski definition) is 4. The van der Waals surface area contributed by atoms with E-state index in [4.69, 9.17) is 21.1 Å². The van der Waals surface area contributed by atoms with Crippen molar-refractivity contribution in [3.63, 3.8) is 0 Å². The molecule has 0 aliphatic rings. The molecule has 0 bridgehead atoms. The van der Waals surface area contributed by atoms with Crippen LogP contribution in [0.25, 0.3) is 0 Å². The Balaban J connectivity index is 4.41. The quantitative estimate of drug-likeness (QED) is 0.360. The lowest BCUT2D eigenvalue weighted by Crippen LogP contribution is -2.42. The van der Waals surface area contributed by atoms with Gasteiger partial charge in [0.2, 0.25) is 0 Å². The van der Waals surface area contributed by atoms with Crippen LogP contribution < -0.4 is 5.73 Å².